The Kier molecular flexibility index (Phi) is 2.47. The second-order valence-corrected chi connectivity index (χ2v) is 4.32. The molecule has 1 aromatic heterocycles. The molecule has 18 heavy (non-hydrogen) atoms. The number of hydrogen-bond donors (Lipinski definition) is 3. The fourth-order valence-corrected chi connectivity index (χ4v) is 2.05. The quantitative estimate of drug-likeness (QED) is 0.729. The van der Waals surface area contributed by atoms with Gasteiger partial charge in [0.1, 0.15) is 6.04 Å². The van der Waals surface area contributed by atoms with Crippen LogP contribution in [0.1, 0.15) is 12.8 Å². The number of rotatable bonds is 2. The maximum atomic E-state index is 11.9. The first-order chi connectivity index (χ1) is 8.72. The van der Waals surface area contributed by atoms with Crippen molar-refractivity contribution >= 4 is 28.4 Å². The van der Waals surface area contributed by atoms with Gasteiger partial charge in [-0.3, -0.25) is 14.7 Å². The minimum Gasteiger partial charge on any atom is -0.344 e. The zero-order valence-electron chi connectivity index (χ0n) is 9.56. The molecule has 6 nitrogen and oxygen atoms in total. The minimum atomic E-state index is -0.421. The van der Waals surface area contributed by atoms with E-state index in [1.165, 1.54) is 0 Å². The Morgan fingerprint density at radius 1 is 1.44 bits per heavy atom. The number of H-pyrrole nitrogens is 1. The number of carbonyl (C=O) groups excluding carboxylic acids is 2. The Hall–Kier alpha value is -2.37. The largest absolute Gasteiger partial charge is 0.344 e. The molecule has 1 unspecified atom stereocenters. The molecule has 0 bridgehead atoms. The Morgan fingerprint density at radius 3 is 3.11 bits per heavy atom. The molecule has 6 heteroatoms. The van der Waals surface area contributed by atoms with Gasteiger partial charge in [0, 0.05) is 17.5 Å². The van der Waals surface area contributed by atoms with Crippen LogP contribution in [0.15, 0.2) is 24.4 Å². The first-order valence-electron chi connectivity index (χ1n) is 5.76. The van der Waals surface area contributed by atoms with Crippen molar-refractivity contribution in [1.29, 1.82) is 0 Å². The van der Waals surface area contributed by atoms with E-state index in [1.807, 2.05) is 18.2 Å². The standard InChI is InChI=1S/C12H12N4O2/c17-11-4-3-9(15-11)12(18)14-8-2-1-7-6-13-16-10(7)5-8/h1-2,5-6,9H,3-4H2,(H,13,16)(H,14,18)(H,15,17). The molecule has 1 aromatic carbocycles. The smallest absolute Gasteiger partial charge is 0.246 e. The number of aromatic nitrogens is 2. The van der Waals surface area contributed by atoms with Gasteiger partial charge in [0.25, 0.3) is 0 Å². The van der Waals surface area contributed by atoms with Crippen molar-refractivity contribution in [2.24, 2.45) is 0 Å². The average Bonchev–Trinajstić information content (AvgIpc) is 2.96. The van der Waals surface area contributed by atoms with E-state index in [-0.39, 0.29) is 11.8 Å². The molecule has 0 spiro atoms. The van der Waals surface area contributed by atoms with E-state index in [1.54, 1.807) is 6.20 Å². The molecule has 1 aliphatic rings. The minimum absolute atomic E-state index is 0.0702. The highest BCUT2D eigenvalue weighted by Gasteiger charge is 2.27. The van der Waals surface area contributed by atoms with E-state index in [9.17, 15) is 9.59 Å². The molecule has 0 radical (unpaired) electrons. The summed E-state index contributed by atoms with van der Waals surface area (Å²) in [6.45, 7) is 0. The van der Waals surface area contributed by atoms with Crippen LogP contribution in [-0.2, 0) is 9.59 Å². The van der Waals surface area contributed by atoms with Gasteiger partial charge < -0.3 is 10.6 Å². The lowest BCUT2D eigenvalue weighted by Gasteiger charge is -2.10. The van der Waals surface area contributed by atoms with Crippen LogP contribution in [0.25, 0.3) is 10.9 Å². The summed E-state index contributed by atoms with van der Waals surface area (Å²) >= 11 is 0. The molecule has 2 heterocycles. The summed E-state index contributed by atoms with van der Waals surface area (Å²) in [4.78, 5) is 22.9. The predicted octanol–water partition coefficient (Wildman–Crippen LogP) is 0.780. The van der Waals surface area contributed by atoms with E-state index in [4.69, 9.17) is 0 Å². The Labute approximate surface area is 103 Å². The normalized spacial score (nSPS) is 18.9. The molecule has 0 aliphatic carbocycles. The summed E-state index contributed by atoms with van der Waals surface area (Å²) in [5, 5.41) is 13.2. The third-order valence-electron chi connectivity index (χ3n) is 3.02. The Balaban J connectivity index is 1.75. The van der Waals surface area contributed by atoms with Gasteiger partial charge in [-0.05, 0) is 24.6 Å². The fraction of sp³-hybridized carbons (Fsp3) is 0.250. The van der Waals surface area contributed by atoms with Crippen molar-refractivity contribution in [2.75, 3.05) is 5.32 Å². The number of anilines is 1. The van der Waals surface area contributed by atoms with Gasteiger partial charge in [0.15, 0.2) is 0 Å². The van der Waals surface area contributed by atoms with Gasteiger partial charge in [-0.2, -0.15) is 5.10 Å². The molecule has 0 saturated carbocycles. The van der Waals surface area contributed by atoms with Crippen LogP contribution in [0.4, 0.5) is 5.69 Å². The highest BCUT2D eigenvalue weighted by molar-refractivity contribution is 6.00. The summed E-state index contributed by atoms with van der Waals surface area (Å²) < 4.78 is 0. The lowest BCUT2D eigenvalue weighted by atomic mass is 10.2. The maximum absolute atomic E-state index is 11.9. The van der Waals surface area contributed by atoms with E-state index in [0.717, 1.165) is 10.9 Å². The van der Waals surface area contributed by atoms with Crippen molar-refractivity contribution in [3.05, 3.63) is 24.4 Å². The number of aromatic amines is 1. The summed E-state index contributed by atoms with van der Waals surface area (Å²) in [5.41, 5.74) is 1.56. The van der Waals surface area contributed by atoms with E-state index >= 15 is 0 Å². The molecule has 1 aliphatic heterocycles. The zero-order valence-corrected chi connectivity index (χ0v) is 9.56. The highest BCUT2D eigenvalue weighted by Crippen LogP contribution is 2.17. The van der Waals surface area contributed by atoms with Crippen LogP contribution in [0.2, 0.25) is 0 Å². The monoisotopic (exact) mass is 244 g/mol. The number of hydrogen-bond acceptors (Lipinski definition) is 3. The van der Waals surface area contributed by atoms with E-state index in [0.29, 0.717) is 18.5 Å². The van der Waals surface area contributed by atoms with Gasteiger partial charge in [-0.15, -0.1) is 0 Å². The van der Waals surface area contributed by atoms with Gasteiger partial charge in [0.2, 0.25) is 11.8 Å². The van der Waals surface area contributed by atoms with Crippen LogP contribution in [0, 0.1) is 0 Å². The molecule has 1 atom stereocenters. The highest BCUT2D eigenvalue weighted by atomic mass is 16.2. The molecule has 92 valence electrons. The topological polar surface area (TPSA) is 86.9 Å². The van der Waals surface area contributed by atoms with Crippen LogP contribution < -0.4 is 10.6 Å². The average molecular weight is 244 g/mol. The van der Waals surface area contributed by atoms with E-state index < -0.39 is 6.04 Å². The van der Waals surface area contributed by atoms with Crippen LogP contribution in [-0.4, -0.2) is 28.1 Å². The molecule has 2 amide bonds. The second kappa shape index (κ2) is 4.14. The number of carbonyl (C=O) groups is 2. The SMILES string of the molecule is O=C1CCC(C(=O)Nc2ccc3cn[nH]c3c2)N1. The third-order valence-corrected chi connectivity index (χ3v) is 3.02. The molecule has 3 N–H and O–H groups in total. The summed E-state index contributed by atoms with van der Waals surface area (Å²) in [6, 6.07) is 5.08. The van der Waals surface area contributed by atoms with Crippen LogP contribution in [0.3, 0.4) is 0 Å². The predicted molar refractivity (Wildman–Crippen MR) is 65.9 cm³/mol. The van der Waals surface area contributed by atoms with Crippen molar-refractivity contribution in [2.45, 2.75) is 18.9 Å². The van der Waals surface area contributed by atoms with Crippen molar-refractivity contribution in [3.8, 4) is 0 Å². The van der Waals surface area contributed by atoms with Gasteiger partial charge >= 0.3 is 0 Å². The number of benzene rings is 1. The molecular weight excluding hydrogens is 232 g/mol. The lowest BCUT2D eigenvalue weighted by molar-refractivity contribution is -0.122. The van der Waals surface area contributed by atoms with Crippen molar-refractivity contribution < 1.29 is 9.59 Å². The number of fused-ring (bicyclic) bond motifs is 1. The zero-order chi connectivity index (χ0) is 12.5. The van der Waals surface area contributed by atoms with Crippen LogP contribution in [0.5, 0.6) is 0 Å². The first-order valence-corrected chi connectivity index (χ1v) is 5.76. The van der Waals surface area contributed by atoms with Gasteiger partial charge in [0.05, 0.1) is 11.7 Å². The Bertz CT molecular complexity index is 619. The van der Waals surface area contributed by atoms with Crippen molar-refractivity contribution in [1.82, 2.24) is 15.5 Å². The first kappa shape index (κ1) is 10.8. The summed E-state index contributed by atoms with van der Waals surface area (Å²) in [5.74, 6) is -0.251. The summed E-state index contributed by atoms with van der Waals surface area (Å²) in [7, 11) is 0. The van der Waals surface area contributed by atoms with Gasteiger partial charge in [-0.25, -0.2) is 0 Å². The molecule has 1 fully saturated rings. The van der Waals surface area contributed by atoms with Crippen LogP contribution >= 0.6 is 0 Å². The lowest BCUT2D eigenvalue weighted by Crippen LogP contribution is -2.37. The number of nitrogens with zero attached hydrogens (tertiary/aromatic N) is 1. The summed E-state index contributed by atoms with van der Waals surface area (Å²) in [6.07, 6.45) is 2.69. The molecule has 2 aromatic rings. The third kappa shape index (κ3) is 1.92. The van der Waals surface area contributed by atoms with E-state index in [2.05, 4.69) is 20.8 Å². The Morgan fingerprint density at radius 2 is 2.33 bits per heavy atom. The molecular formula is C12H12N4O2. The second-order valence-electron chi connectivity index (χ2n) is 4.32. The number of nitrogens with one attached hydrogen (secondary N) is 3. The molecule has 1 saturated heterocycles. The number of amides is 2. The van der Waals surface area contributed by atoms with Crippen molar-refractivity contribution in [3.63, 3.8) is 0 Å². The fourth-order valence-electron chi connectivity index (χ4n) is 2.05. The maximum Gasteiger partial charge on any atom is 0.246 e. The van der Waals surface area contributed by atoms with Gasteiger partial charge in [-0.1, -0.05) is 0 Å². The molecule has 3 rings (SSSR count).